The Balaban J connectivity index is 1.65. The third-order valence-corrected chi connectivity index (χ3v) is 4.09. The van der Waals surface area contributed by atoms with Crippen molar-refractivity contribution in [2.24, 2.45) is 7.05 Å². The molecule has 1 N–H and O–H groups in total. The molecule has 3 aromatic rings. The fourth-order valence-corrected chi connectivity index (χ4v) is 2.61. The van der Waals surface area contributed by atoms with Crippen LogP contribution in [0.25, 0.3) is 10.8 Å². The highest BCUT2D eigenvalue weighted by Crippen LogP contribution is 2.13. The highest BCUT2D eigenvalue weighted by molar-refractivity contribution is 6.02. The van der Waals surface area contributed by atoms with E-state index < -0.39 is 18.5 Å². The van der Waals surface area contributed by atoms with Gasteiger partial charge in [-0.2, -0.15) is 5.10 Å². The molecule has 0 atom stereocenters. The van der Waals surface area contributed by atoms with Gasteiger partial charge in [0.05, 0.1) is 5.39 Å². The molecular formula is C20H19N3O4. The van der Waals surface area contributed by atoms with Gasteiger partial charge >= 0.3 is 5.97 Å². The maximum Gasteiger partial charge on any atom is 0.359 e. The fourth-order valence-electron chi connectivity index (χ4n) is 2.61. The van der Waals surface area contributed by atoms with Gasteiger partial charge in [-0.1, -0.05) is 48.0 Å². The Labute approximate surface area is 155 Å². The molecule has 3 rings (SSSR count). The second-order valence-electron chi connectivity index (χ2n) is 6.16. The molecule has 1 heterocycles. The van der Waals surface area contributed by atoms with Crippen LogP contribution in [0, 0.1) is 6.92 Å². The number of esters is 1. The summed E-state index contributed by atoms with van der Waals surface area (Å²) in [6, 6.07) is 14.4. The van der Waals surface area contributed by atoms with Crippen LogP contribution >= 0.6 is 0 Å². The summed E-state index contributed by atoms with van der Waals surface area (Å²) in [6.07, 6.45) is 0. The van der Waals surface area contributed by atoms with Crippen molar-refractivity contribution in [2.75, 3.05) is 6.61 Å². The zero-order valence-electron chi connectivity index (χ0n) is 15.1. The molecule has 0 aliphatic rings. The van der Waals surface area contributed by atoms with Crippen LogP contribution in [0.1, 0.15) is 21.6 Å². The number of amides is 1. The van der Waals surface area contributed by atoms with Gasteiger partial charge in [-0.3, -0.25) is 9.59 Å². The summed E-state index contributed by atoms with van der Waals surface area (Å²) in [5.41, 5.74) is 1.78. The summed E-state index contributed by atoms with van der Waals surface area (Å²) in [5, 5.41) is 7.43. The van der Waals surface area contributed by atoms with Crippen molar-refractivity contribution in [1.82, 2.24) is 15.1 Å². The van der Waals surface area contributed by atoms with Crippen LogP contribution in [0.3, 0.4) is 0 Å². The summed E-state index contributed by atoms with van der Waals surface area (Å²) in [6.45, 7) is 1.90. The van der Waals surface area contributed by atoms with Gasteiger partial charge in [0.1, 0.15) is 0 Å². The topological polar surface area (TPSA) is 90.3 Å². The van der Waals surface area contributed by atoms with Crippen LogP contribution in [-0.4, -0.2) is 28.3 Å². The molecule has 0 unspecified atom stereocenters. The Bertz CT molecular complexity index is 1060. The number of benzene rings is 2. The van der Waals surface area contributed by atoms with E-state index in [-0.39, 0.29) is 11.3 Å². The van der Waals surface area contributed by atoms with Crippen molar-refractivity contribution in [3.8, 4) is 0 Å². The van der Waals surface area contributed by atoms with E-state index >= 15 is 0 Å². The Hall–Kier alpha value is -3.48. The van der Waals surface area contributed by atoms with E-state index in [0.717, 1.165) is 15.8 Å². The van der Waals surface area contributed by atoms with E-state index in [0.29, 0.717) is 17.3 Å². The minimum atomic E-state index is -0.757. The van der Waals surface area contributed by atoms with E-state index in [4.69, 9.17) is 4.74 Å². The highest BCUT2D eigenvalue weighted by Gasteiger charge is 2.18. The normalized spacial score (nSPS) is 10.6. The second-order valence-corrected chi connectivity index (χ2v) is 6.16. The minimum absolute atomic E-state index is 0.000894. The van der Waals surface area contributed by atoms with E-state index in [1.165, 1.54) is 7.05 Å². The van der Waals surface area contributed by atoms with E-state index in [1.807, 2.05) is 31.2 Å². The Kier molecular flexibility index (Phi) is 5.30. The molecule has 0 bridgehead atoms. The van der Waals surface area contributed by atoms with Crippen LogP contribution in [0.5, 0.6) is 0 Å². The maximum absolute atomic E-state index is 12.4. The largest absolute Gasteiger partial charge is 0.451 e. The van der Waals surface area contributed by atoms with Crippen LogP contribution in [0.15, 0.2) is 53.3 Å². The van der Waals surface area contributed by atoms with Crippen molar-refractivity contribution >= 4 is 22.6 Å². The number of hydrogen-bond acceptors (Lipinski definition) is 5. The number of nitrogens with one attached hydrogen (secondary N) is 1. The average molecular weight is 365 g/mol. The summed E-state index contributed by atoms with van der Waals surface area (Å²) < 4.78 is 6.15. The quantitative estimate of drug-likeness (QED) is 0.695. The van der Waals surface area contributed by atoms with Gasteiger partial charge in [0.2, 0.25) is 0 Å². The van der Waals surface area contributed by atoms with E-state index in [2.05, 4.69) is 10.4 Å². The summed E-state index contributed by atoms with van der Waals surface area (Å²) in [5.74, 6) is -1.18. The van der Waals surface area contributed by atoms with Gasteiger partial charge in [0, 0.05) is 19.0 Å². The van der Waals surface area contributed by atoms with Crippen LogP contribution in [-0.2, 0) is 23.1 Å². The van der Waals surface area contributed by atoms with E-state index in [1.54, 1.807) is 24.3 Å². The molecule has 138 valence electrons. The number of ether oxygens (including phenoxy) is 1. The molecular weight excluding hydrogens is 346 g/mol. The predicted octanol–water partition coefficient (Wildman–Crippen LogP) is 1.72. The monoisotopic (exact) mass is 365 g/mol. The van der Waals surface area contributed by atoms with Gasteiger partial charge in [0.25, 0.3) is 11.5 Å². The van der Waals surface area contributed by atoms with Crippen molar-refractivity contribution in [3.05, 3.63) is 75.7 Å². The number of carbonyl (C=O) groups excluding carboxylic acids is 2. The predicted molar refractivity (Wildman–Crippen MR) is 100 cm³/mol. The molecule has 0 saturated heterocycles. The van der Waals surface area contributed by atoms with Crippen LogP contribution < -0.4 is 10.9 Å². The molecule has 0 aliphatic heterocycles. The highest BCUT2D eigenvalue weighted by atomic mass is 16.5. The first-order valence-electron chi connectivity index (χ1n) is 8.41. The summed E-state index contributed by atoms with van der Waals surface area (Å²) >= 11 is 0. The van der Waals surface area contributed by atoms with Crippen molar-refractivity contribution < 1.29 is 14.3 Å². The first-order chi connectivity index (χ1) is 13.0. The number of rotatable bonds is 5. The maximum atomic E-state index is 12.4. The Morgan fingerprint density at radius 3 is 2.44 bits per heavy atom. The average Bonchev–Trinajstić information content (AvgIpc) is 2.68. The lowest BCUT2D eigenvalue weighted by Crippen LogP contribution is -2.29. The van der Waals surface area contributed by atoms with Gasteiger partial charge in [-0.15, -0.1) is 0 Å². The number of aromatic nitrogens is 2. The number of nitrogens with zero attached hydrogens (tertiary/aromatic N) is 2. The minimum Gasteiger partial charge on any atom is -0.451 e. The third kappa shape index (κ3) is 4.20. The molecule has 0 fully saturated rings. The zero-order chi connectivity index (χ0) is 19.4. The second kappa shape index (κ2) is 7.82. The zero-order valence-corrected chi connectivity index (χ0v) is 15.1. The molecule has 0 radical (unpaired) electrons. The molecule has 2 aromatic carbocycles. The standard InChI is InChI=1S/C20H19N3O4/c1-13-7-9-14(10-8-13)11-21-17(24)12-27-20(26)18-15-5-3-4-6-16(15)19(25)23(2)22-18/h3-10H,11-12H2,1-2H3,(H,21,24). The van der Waals surface area contributed by atoms with Crippen molar-refractivity contribution in [3.63, 3.8) is 0 Å². The number of aryl methyl sites for hydroxylation is 2. The van der Waals surface area contributed by atoms with Gasteiger partial charge in [-0.25, -0.2) is 9.48 Å². The summed E-state index contributed by atoms with van der Waals surface area (Å²) in [7, 11) is 1.46. The number of fused-ring (bicyclic) bond motifs is 1. The van der Waals surface area contributed by atoms with Crippen LogP contribution in [0.4, 0.5) is 0 Å². The van der Waals surface area contributed by atoms with E-state index in [9.17, 15) is 14.4 Å². The lowest BCUT2D eigenvalue weighted by atomic mass is 10.1. The molecule has 7 nitrogen and oxygen atoms in total. The van der Waals surface area contributed by atoms with Gasteiger partial charge in [0.15, 0.2) is 12.3 Å². The number of carbonyl (C=O) groups is 2. The molecule has 7 heteroatoms. The summed E-state index contributed by atoms with van der Waals surface area (Å²) in [4.78, 5) is 36.4. The van der Waals surface area contributed by atoms with Crippen molar-refractivity contribution in [1.29, 1.82) is 0 Å². The van der Waals surface area contributed by atoms with Gasteiger partial charge < -0.3 is 10.1 Å². The lowest BCUT2D eigenvalue weighted by Gasteiger charge is -2.09. The number of hydrogen-bond donors (Lipinski definition) is 1. The first-order valence-corrected chi connectivity index (χ1v) is 8.41. The van der Waals surface area contributed by atoms with Crippen molar-refractivity contribution in [2.45, 2.75) is 13.5 Å². The molecule has 0 saturated carbocycles. The molecule has 1 aromatic heterocycles. The lowest BCUT2D eigenvalue weighted by molar-refractivity contribution is -0.124. The fraction of sp³-hybridized carbons (Fsp3) is 0.200. The van der Waals surface area contributed by atoms with Crippen LogP contribution in [0.2, 0.25) is 0 Å². The first kappa shape index (κ1) is 18.3. The molecule has 0 spiro atoms. The van der Waals surface area contributed by atoms with Gasteiger partial charge in [-0.05, 0) is 18.6 Å². The SMILES string of the molecule is Cc1ccc(CNC(=O)COC(=O)c2nn(C)c(=O)c3ccccc23)cc1. The third-order valence-electron chi connectivity index (χ3n) is 4.09. The Morgan fingerprint density at radius 1 is 1.07 bits per heavy atom. The Morgan fingerprint density at radius 2 is 1.74 bits per heavy atom. The molecule has 0 aliphatic carbocycles. The molecule has 27 heavy (non-hydrogen) atoms. The molecule has 1 amide bonds. The smallest absolute Gasteiger partial charge is 0.359 e.